The van der Waals surface area contributed by atoms with Crippen molar-refractivity contribution in [3.63, 3.8) is 0 Å². The summed E-state index contributed by atoms with van der Waals surface area (Å²) >= 11 is 3.66. The smallest absolute Gasteiger partial charge is 0.165 e. The number of hydrogen-bond acceptors (Lipinski definition) is 6. The summed E-state index contributed by atoms with van der Waals surface area (Å²) in [5.41, 5.74) is 13.6. The monoisotopic (exact) mass is 1450 g/mol. The topological polar surface area (TPSA) is 61.4 Å². The Balaban J connectivity index is 0.694. The molecule has 6 aromatic heterocycles. The van der Waals surface area contributed by atoms with Gasteiger partial charge in [-0.1, -0.05) is 267 Å². The van der Waals surface area contributed by atoms with Crippen LogP contribution in [0.25, 0.3) is 259 Å². The van der Waals surface area contributed by atoms with Crippen LogP contribution in [0.3, 0.4) is 0 Å². The largest absolute Gasteiger partial charge is 0.292 e. The molecule has 6 heterocycles. The predicted molar refractivity (Wildman–Crippen MR) is 478 cm³/mol. The molecule has 0 unspecified atom stereocenters. The van der Waals surface area contributed by atoms with Crippen molar-refractivity contribution in [1.29, 1.82) is 0 Å². The molecule has 26 rings (SSSR count). The second-order valence-corrected chi connectivity index (χ2v) is 32.3. The van der Waals surface area contributed by atoms with E-state index in [-0.39, 0.29) is 0 Å². The lowest BCUT2D eigenvalue weighted by molar-refractivity contribution is 1.08. The molecular weight excluding hydrogens is 1400 g/mol. The van der Waals surface area contributed by atoms with E-state index < -0.39 is 0 Å². The maximum absolute atomic E-state index is 5.99. The molecule has 0 amide bonds. The van der Waals surface area contributed by atoms with Crippen molar-refractivity contribution in [2.45, 2.75) is 0 Å². The Hall–Kier alpha value is -14.3. The fourth-order valence-corrected chi connectivity index (χ4v) is 21.7. The Morgan fingerprint density at radius 2 is 0.527 bits per heavy atom. The van der Waals surface area contributed by atoms with Crippen molar-refractivity contribution < 1.29 is 0 Å². The summed E-state index contributed by atoms with van der Waals surface area (Å²) in [6.45, 7) is 0. The molecule has 0 fully saturated rings. The van der Waals surface area contributed by atoms with Crippen LogP contribution >= 0.6 is 22.7 Å². The number of fused-ring (bicyclic) bond motifs is 36. The molecule has 0 saturated heterocycles. The first-order valence-electron chi connectivity index (χ1n) is 38.2. The zero-order valence-corrected chi connectivity index (χ0v) is 61.5. The van der Waals surface area contributed by atoms with Crippen LogP contribution in [-0.4, -0.2) is 29.1 Å². The SMILES string of the molecule is c1ccc2c(c1)ccc1nc(-c3ccc4c(c3)sc3ccccc34)c(-n3c4ccc5ccccc5c4c4c5c(ccc43)c3ccccc3c3cc(-c4ccc6c(ccc7nc(-n8c9ccc%10ccccc%10c9c9c%10c%11ccccc%11c%11ccccc%11c%10ccc98)c(-c8ccc9c(c8)sc8ccccc89)nc76)c4)ccc35)nc12. The second kappa shape index (κ2) is 22.7. The molecule has 0 aliphatic heterocycles. The van der Waals surface area contributed by atoms with Gasteiger partial charge in [-0.15, -0.1) is 22.7 Å². The summed E-state index contributed by atoms with van der Waals surface area (Å²) in [7, 11) is 0. The van der Waals surface area contributed by atoms with E-state index in [0.29, 0.717) is 0 Å². The summed E-state index contributed by atoms with van der Waals surface area (Å²) < 4.78 is 9.82. The fourth-order valence-electron chi connectivity index (χ4n) is 19.5. The lowest BCUT2D eigenvalue weighted by Gasteiger charge is -2.16. The van der Waals surface area contributed by atoms with Gasteiger partial charge in [0.25, 0.3) is 0 Å². The maximum atomic E-state index is 5.99. The first kappa shape index (κ1) is 60.7. The highest BCUT2D eigenvalue weighted by Crippen LogP contribution is 2.51. The van der Waals surface area contributed by atoms with Crippen molar-refractivity contribution in [1.82, 2.24) is 29.1 Å². The molecule has 0 aliphatic rings. The summed E-state index contributed by atoms with van der Waals surface area (Å²) in [4.78, 5) is 23.5. The molecule has 112 heavy (non-hydrogen) atoms. The lowest BCUT2D eigenvalue weighted by atomic mass is 9.89. The Kier molecular flexibility index (Phi) is 12.3. The van der Waals surface area contributed by atoms with Crippen molar-refractivity contribution in [3.8, 4) is 45.3 Å². The van der Waals surface area contributed by atoms with Crippen molar-refractivity contribution in [3.05, 3.63) is 340 Å². The molecule has 0 bridgehead atoms. The third-order valence-electron chi connectivity index (χ3n) is 24.4. The molecule has 0 radical (unpaired) electrons. The minimum atomic E-state index is 0.788. The van der Waals surface area contributed by atoms with E-state index >= 15 is 0 Å². The molecule has 8 heteroatoms. The van der Waals surface area contributed by atoms with Crippen LogP contribution in [0.1, 0.15) is 0 Å². The van der Waals surface area contributed by atoms with Crippen LogP contribution in [-0.2, 0) is 0 Å². The minimum absolute atomic E-state index is 0.788. The van der Waals surface area contributed by atoms with E-state index in [1.54, 1.807) is 0 Å². The molecule has 0 N–H and O–H groups in total. The highest BCUT2D eigenvalue weighted by Gasteiger charge is 2.28. The minimum Gasteiger partial charge on any atom is -0.292 e. The Morgan fingerprint density at radius 1 is 0.188 bits per heavy atom. The summed E-state index contributed by atoms with van der Waals surface area (Å²) in [5.74, 6) is 1.58. The number of rotatable bonds is 5. The number of thiophene rings is 2. The van der Waals surface area contributed by atoms with Crippen LogP contribution in [0.2, 0.25) is 0 Å². The zero-order chi connectivity index (χ0) is 72.7. The molecule has 514 valence electrons. The lowest BCUT2D eigenvalue weighted by Crippen LogP contribution is -2.04. The molecule has 20 aromatic carbocycles. The standard InChI is InChI=1S/C104H56N6S2/c1-4-20-65-57(17-1)39-49-85-95(65)97-87(51-45-79-71-25-8-7-23-69(71)70-24-11-12-30-78(70)93(79)97)109(85)103-100(64-36-43-77-75-29-14-16-32-90(75)112-92(77)56-64)107-101-68-41-33-60(53-62(68)38-48-84(101)106-103)61-34-44-81-82(54-61)73-27-10-9-26-72(73)80-46-52-88-98(94(80)81)96-66-21-5-2-18-58(66)40-50-86(96)110(88)104-99(105-83-47-37-59-19-3-6-22-67(59)102(83)108-104)63-35-42-76-74-28-13-15-31-89(74)111-91(76)55-63/h1-56H. The first-order valence-corrected chi connectivity index (χ1v) is 39.9. The summed E-state index contributed by atoms with van der Waals surface area (Å²) in [6, 6.07) is 126. The molecule has 0 spiro atoms. The Bertz CT molecular complexity index is 8770. The highest BCUT2D eigenvalue weighted by molar-refractivity contribution is 7.26. The average molecular weight is 1450 g/mol. The van der Waals surface area contributed by atoms with E-state index in [4.69, 9.17) is 19.9 Å². The molecule has 0 saturated carbocycles. The van der Waals surface area contributed by atoms with Gasteiger partial charge in [0.15, 0.2) is 11.6 Å². The highest BCUT2D eigenvalue weighted by atomic mass is 32.1. The van der Waals surface area contributed by atoms with Gasteiger partial charge in [0.05, 0.1) is 44.1 Å². The van der Waals surface area contributed by atoms with E-state index in [0.717, 1.165) is 111 Å². The van der Waals surface area contributed by atoms with Gasteiger partial charge in [-0.2, -0.15) is 0 Å². The van der Waals surface area contributed by atoms with Gasteiger partial charge in [-0.25, -0.2) is 19.9 Å². The third-order valence-corrected chi connectivity index (χ3v) is 26.6. The van der Waals surface area contributed by atoms with Crippen LogP contribution in [0.4, 0.5) is 0 Å². The van der Waals surface area contributed by atoms with Gasteiger partial charge in [0.1, 0.15) is 11.4 Å². The summed E-state index contributed by atoms with van der Waals surface area (Å²) in [6.07, 6.45) is 0. The second-order valence-electron chi connectivity index (χ2n) is 30.1. The van der Waals surface area contributed by atoms with Crippen LogP contribution < -0.4 is 0 Å². The molecule has 6 nitrogen and oxygen atoms in total. The van der Waals surface area contributed by atoms with E-state index in [1.165, 1.54) is 148 Å². The summed E-state index contributed by atoms with van der Waals surface area (Å²) in [5, 5.41) is 33.5. The number of nitrogens with zero attached hydrogens (tertiary/aromatic N) is 6. The van der Waals surface area contributed by atoms with Gasteiger partial charge in [-0.05, 0) is 170 Å². The molecule has 0 atom stereocenters. The average Bonchev–Trinajstić information content (AvgIpc) is 1.52. The van der Waals surface area contributed by atoms with Gasteiger partial charge in [-0.3, -0.25) is 9.13 Å². The molecule has 26 aromatic rings. The number of benzene rings is 20. The van der Waals surface area contributed by atoms with Gasteiger partial charge in [0.2, 0.25) is 0 Å². The van der Waals surface area contributed by atoms with Crippen molar-refractivity contribution >= 4 is 236 Å². The fraction of sp³-hybridized carbons (Fsp3) is 0. The van der Waals surface area contributed by atoms with E-state index in [9.17, 15) is 0 Å². The number of hydrogen-bond donors (Lipinski definition) is 0. The predicted octanol–water partition coefficient (Wildman–Crippen LogP) is 29.0. The molecule has 0 aliphatic carbocycles. The van der Waals surface area contributed by atoms with E-state index in [1.807, 2.05) is 22.7 Å². The quantitative estimate of drug-likeness (QED) is 0.161. The van der Waals surface area contributed by atoms with Crippen LogP contribution in [0.5, 0.6) is 0 Å². The van der Waals surface area contributed by atoms with E-state index in [2.05, 4.69) is 349 Å². The van der Waals surface area contributed by atoms with Gasteiger partial charge >= 0.3 is 0 Å². The third kappa shape index (κ3) is 8.40. The normalized spacial score (nSPS) is 12.5. The van der Waals surface area contributed by atoms with Crippen molar-refractivity contribution in [2.24, 2.45) is 0 Å². The van der Waals surface area contributed by atoms with Crippen LogP contribution in [0, 0.1) is 0 Å². The Morgan fingerprint density at radius 3 is 1.10 bits per heavy atom. The first-order chi connectivity index (χ1) is 55.5. The van der Waals surface area contributed by atoms with Crippen molar-refractivity contribution in [2.75, 3.05) is 0 Å². The van der Waals surface area contributed by atoms with Gasteiger partial charge < -0.3 is 0 Å². The molecular formula is C104H56N6S2. The van der Waals surface area contributed by atoms with Gasteiger partial charge in [0, 0.05) is 94.6 Å². The number of aromatic nitrogens is 6. The Labute approximate surface area is 645 Å². The maximum Gasteiger partial charge on any atom is 0.165 e. The van der Waals surface area contributed by atoms with Crippen LogP contribution in [0.15, 0.2) is 340 Å². The zero-order valence-electron chi connectivity index (χ0n) is 59.8.